The number of hydrogen-bond donors (Lipinski definition) is 2. The fourth-order valence-corrected chi connectivity index (χ4v) is 3.94. The van der Waals surface area contributed by atoms with Crippen molar-refractivity contribution in [1.29, 1.82) is 0 Å². The minimum atomic E-state index is -0.935. The number of hydrogen-bond acceptors (Lipinski definition) is 5. The molecule has 0 fully saturated rings. The van der Waals surface area contributed by atoms with Crippen LogP contribution in [-0.4, -0.2) is 53.7 Å². The molecule has 0 aliphatic heterocycles. The molecular weight excluding hydrogens is 486 g/mol. The number of aliphatic carboxylic acids is 2. The Bertz CT molecular complexity index is 1280. The van der Waals surface area contributed by atoms with E-state index in [1.807, 2.05) is 49.4 Å². The molecule has 0 aliphatic rings. The number of carbonyl (C=O) groups is 3. The molecule has 0 unspecified atom stereocenters. The number of carboxylic acids is 2. The van der Waals surface area contributed by atoms with Crippen molar-refractivity contribution in [1.82, 2.24) is 4.90 Å². The Balaban J connectivity index is 1.89. The van der Waals surface area contributed by atoms with Gasteiger partial charge in [0, 0.05) is 38.1 Å². The SMILES string of the molecule is Cc1ccc(-c2cc(OCc3cccc(OCCCC(=O)O)c3CCC(=O)O)cc(C(=O)N(C)C)c2)cc1. The molecule has 0 atom stereocenters. The first-order chi connectivity index (χ1) is 18.1. The number of carbonyl (C=O) groups excluding carboxylic acids is 1. The van der Waals surface area contributed by atoms with Gasteiger partial charge in [0.2, 0.25) is 0 Å². The average Bonchev–Trinajstić information content (AvgIpc) is 2.88. The van der Waals surface area contributed by atoms with Crippen LogP contribution >= 0.6 is 0 Å². The van der Waals surface area contributed by atoms with E-state index < -0.39 is 11.9 Å². The summed E-state index contributed by atoms with van der Waals surface area (Å²) in [4.78, 5) is 36.4. The second kappa shape index (κ2) is 13.3. The molecule has 8 heteroatoms. The minimum Gasteiger partial charge on any atom is -0.493 e. The van der Waals surface area contributed by atoms with Crippen LogP contribution in [-0.2, 0) is 22.6 Å². The zero-order valence-electron chi connectivity index (χ0n) is 21.9. The summed E-state index contributed by atoms with van der Waals surface area (Å²) in [7, 11) is 3.39. The molecule has 0 heterocycles. The molecule has 8 nitrogen and oxygen atoms in total. The summed E-state index contributed by atoms with van der Waals surface area (Å²) in [5, 5.41) is 18.1. The Labute approximate surface area is 222 Å². The summed E-state index contributed by atoms with van der Waals surface area (Å²) < 4.78 is 12.0. The summed E-state index contributed by atoms with van der Waals surface area (Å²) in [5.74, 6) is -0.973. The van der Waals surface area contributed by atoms with E-state index >= 15 is 0 Å². The molecule has 0 aliphatic carbocycles. The van der Waals surface area contributed by atoms with Gasteiger partial charge >= 0.3 is 11.9 Å². The Morgan fingerprint density at radius 1 is 0.842 bits per heavy atom. The maximum Gasteiger partial charge on any atom is 0.303 e. The van der Waals surface area contributed by atoms with Crippen LogP contribution in [0.5, 0.6) is 11.5 Å². The maximum atomic E-state index is 12.8. The second-order valence-corrected chi connectivity index (χ2v) is 9.23. The molecule has 0 saturated heterocycles. The number of aryl methyl sites for hydroxylation is 1. The summed E-state index contributed by atoms with van der Waals surface area (Å²) >= 11 is 0. The summed E-state index contributed by atoms with van der Waals surface area (Å²) in [6, 6.07) is 18.8. The average molecular weight is 520 g/mol. The van der Waals surface area contributed by atoms with Gasteiger partial charge in [0.1, 0.15) is 18.1 Å². The Morgan fingerprint density at radius 3 is 2.21 bits per heavy atom. The smallest absolute Gasteiger partial charge is 0.303 e. The van der Waals surface area contributed by atoms with Gasteiger partial charge in [-0.25, -0.2) is 0 Å². The highest BCUT2D eigenvalue weighted by Crippen LogP contribution is 2.30. The fraction of sp³-hybridized carbons (Fsp3) is 0.300. The lowest BCUT2D eigenvalue weighted by molar-refractivity contribution is -0.138. The van der Waals surface area contributed by atoms with Crippen LogP contribution in [0.15, 0.2) is 60.7 Å². The first-order valence-corrected chi connectivity index (χ1v) is 12.4. The minimum absolute atomic E-state index is 0.0153. The van der Waals surface area contributed by atoms with E-state index in [1.54, 1.807) is 32.3 Å². The summed E-state index contributed by atoms with van der Waals surface area (Å²) in [6.07, 6.45) is 0.464. The van der Waals surface area contributed by atoms with E-state index in [4.69, 9.17) is 14.6 Å². The van der Waals surface area contributed by atoms with Crippen molar-refractivity contribution in [3.63, 3.8) is 0 Å². The largest absolute Gasteiger partial charge is 0.493 e. The molecule has 0 aromatic heterocycles. The van der Waals surface area contributed by atoms with E-state index in [9.17, 15) is 19.5 Å². The Kier molecular flexibility index (Phi) is 9.87. The molecule has 3 aromatic rings. The summed E-state index contributed by atoms with van der Waals surface area (Å²) in [5.41, 5.74) is 4.86. The topological polar surface area (TPSA) is 113 Å². The molecular formula is C30H33NO7. The molecule has 1 amide bonds. The van der Waals surface area contributed by atoms with Crippen LogP contribution < -0.4 is 9.47 Å². The molecule has 2 N–H and O–H groups in total. The van der Waals surface area contributed by atoms with E-state index in [1.165, 1.54) is 4.90 Å². The second-order valence-electron chi connectivity index (χ2n) is 9.23. The molecule has 0 spiro atoms. The number of nitrogens with zero attached hydrogens (tertiary/aromatic N) is 1. The van der Waals surface area contributed by atoms with Crippen molar-refractivity contribution in [3.05, 3.63) is 82.9 Å². The maximum absolute atomic E-state index is 12.8. The highest BCUT2D eigenvalue weighted by atomic mass is 16.5. The highest BCUT2D eigenvalue weighted by Gasteiger charge is 2.15. The van der Waals surface area contributed by atoms with E-state index in [0.717, 1.165) is 22.3 Å². The lowest BCUT2D eigenvalue weighted by atomic mass is 10.0. The van der Waals surface area contributed by atoms with Crippen molar-refractivity contribution in [3.8, 4) is 22.6 Å². The van der Waals surface area contributed by atoms with Gasteiger partial charge < -0.3 is 24.6 Å². The van der Waals surface area contributed by atoms with Crippen molar-refractivity contribution in [2.75, 3.05) is 20.7 Å². The predicted octanol–water partition coefficient (Wildman–Crippen LogP) is 5.20. The van der Waals surface area contributed by atoms with Crippen LogP contribution in [0.4, 0.5) is 0 Å². The van der Waals surface area contributed by atoms with Crippen LogP contribution in [0.1, 0.15) is 46.3 Å². The van der Waals surface area contributed by atoms with Gasteiger partial charge in [-0.05, 0) is 60.7 Å². The van der Waals surface area contributed by atoms with Crippen molar-refractivity contribution in [2.45, 2.75) is 39.2 Å². The molecule has 3 aromatic carbocycles. The third kappa shape index (κ3) is 8.09. The lowest BCUT2D eigenvalue weighted by Crippen LogP contribution is -2.21. The lowest BCUT2D eigenvalue weighted by Gasteiger charge is -2.17. The zero-order chi connectivity index (χ0) is 27.7. The summed E-state index contributed by atoms with van der Waals surface area (Å²) in [6.45, 7) is 2.34. The molecule has 3 rings (SSSR count). The van der Waals surface area contributed by atoms with Crippen LogP contribution in [0.3, 0.4) is 0 Å². The number of ether oxygens (including phenoxy) is 2. The molecule has 38 heavy (non-hydrogen) atoms. The number of carboxylic acid groups (broad SMARTS) is 2. The van der Waals surface area contributed by atoms with Crippen LogP contribution in [0.2, 0.25) is 0 Å². The van der Waals surface area contributed by atoms with Crippen molar-refractivity contribution >= 4 is 17.8 Å². The highest BCUT2D eigenvalue weighted by molar-refractivity contribution is 5.95. The van der Waals surface area contributed by atoms with Gasteiger partial charge in [-0.15, -0.1) is 0 Å². The number of rotatable bonds is 13. The molecule has 200 valence electrons. The fourth-order valence-electron chi connectivity index (χ4n) is 3.94. The van der Waals surface area contributed by atoms with Gasteiger partial charge in [-0.2, -0.15) is 0 Å². The van der Waals surface area contributed by atoms with Gasteiger partial charge in [0.25, 0.3) is 5.91 Å². The van der Waals surface area contributed by atoms with Gasteiger partial charge in [0.05, 0.1) is 6.61 Å². The number of benzene rings is 3. The molecule has 0 bridgehead atoms. The quantitative estimate of drug-likeness (QED) is 0.298. The third-order valence-corrected chi connectivity index (χ3v) is 5.95. The van der Waals surface area contributed by atoms with E-state index in [2.05, 4.69) is 0 Å². The van der Waals surface area contributed by atoms with Gasteiger partial charge in [0.15, 0.2) is 0 Å². The van der Waals surface area contributed by atoms with Crippen molar-refractivity contribution in [2.24, 2.45) is 0 Å². The monoisotopic (exact) mass is 519 g/mol. The van der Waals surface area contributed by atoms with Gasteiger partial charge in [-0.1, -0.05) is 42.0 Å². The Morgan fingerprint density at radius 2 is 1.55 bits per heavy atom. The molecule has 0 radical (unpaired) electrons. The van der Waals surface area contributed by atoms with Gasteiger partial charge in [-0.3, -0.25) is 14.4 Å². The standard InChI is InChI=1S/C30H33NO7/c1-20-9-11-21(12-10-20)23-16-24(30(36)31(2)3)18-25(17-23)38-19-22-6-4-7-27(26(22)13-14-29(34)35)37-15-5-8-28(32)33/h4,6-7,9-12,16-18H,5,8,13-15,19H2,1-3H3,(H,32,33)(H,34,35). The third-order valence-electron chi connectivity index (χ3n) is 5.95. The number of amides is 1. The first-order valence-electron chi connectivity index (χ1n) is 12.4. The normalized spacial score (nSPS) is 10.6. The van der Waals surface area contributed by atoms with E-state index in [0.29, 0.717) is 29.0 Å². The van der Waals surface area contributed by atoms with Crippen LogP contribution in [0, 0.1) is 6.92 Å². The zero-order valence-corrected chi connectivity index (χ0v) is 21.9. The van der Waals surface area contributed by atoms with Crippen molar-refractivity contribution < 1.29 is 34.1 Å². The first kappa shape index (κ1) is 28.2. The molecule has 0 saturated carbocycles. The Hall–Kier alpha value is -4.33. The predicted molar refractivity (Wildman–Crippen MR) is 144 cm³/mol. The van der Waals surface area contributed by atoms with E-state index in [-0.39, 0.29) is 38.4 Å². The van der Waals surface area contributed by atoms with Crippen LogP contribution in [0.25, 0.3) is 11.1 Å².